The zero-order chi connectivity index (χ0) is 15.6. The van der Waals surface area contributed by atoms with Crippen molar-refractivity contribution in [3.63, 3.8) is 0 Å². The van der Waals surface area contributed by atoms with Crippen molar-refractivity contribution in [2.75, 3.05) is 11.9 Å². The molecule has 0 saturated carbocycles. The van der Waals surface area contributed by atoms with Crippen LogP contribution in [-0.2, 0) is 6.18 Å². The Morgan fingerprint density at radius 2 is 1.81 bits per heavy atom. The largest absolute Gasteiger partial charge is 0.451 e. The maximum Gasteiger partial charge on any atom is 0.451 e. The Morgan fingerprint density at radius 1 is 1.10 bits per heavy atom. The second-order valence-corrected chi connectivity index (χ2v) is 4.51. The van der Waals surface area contributed by atoms with E-state index in [9.17, 15) is 17.6 Å². The molecule has 0 unspecified atom stereocenters. The predicted molar refractivity (Wildman–Crippen MR) is 71.3 cm³/mol. The third-order valence-corrected chi connectivity index (χ3v) is 2.68. The lowest BCUT2D eigenvalue weighted by Gasteiger charge is -2.11. The van der Waals surface area contributed by atoms with E-state index in [1.807, 2.05) is 0 Å². The fraction of sp³-hybridized carbons (Fsp3) is 0.286. The van der Waals surface area contributed by atoms with E-state index < -0.39 is 17.8 Å². The number of nitrogens with zero attached hydrogens (tertiary/aromatic N) is 2. The second kappa shape index (κ2) is 5.67. The average Bonchev–Trinajstić information content (AvgIpc) is 2.36. The Kier molecular flexibility index (Phi) is 4.11. The van der Waals surface area contributed by atoms with E-state index in [1.165, 1.54) is 12.1 Å². The molecule has 3 nitrogen and oxygen atoms in total. The van der Waals surface area contributed by atoms with Gasteiger partial charge in [-0.05, 0) is 37.6 Å². The van der Waals surface area contributed by atoms with Crippen LogP contribution >= 0.6 is 0 Å². The minimum absolute atomic E-state index is 0.0240. The van der Waals surface area contributed by atoms with Crippen molar-refractivity contribution in [1.82, 2.24) is 9.97 Å². The second-order valence-electron chi connectivity index (χ2n) is 4.51. The number of anilines is 1. The molecule has 0 spiro atoms. The first kappa shape index (κ1) is 15.2. The van der Waals surface area contributed by atoms with Gasteiger partial charge in [0.25, 0.3) is 0 Å². The van der Waals surface area contributed by atoms with Gasteiger partial charge in [0.2, 0.25) is 5.82 Å². The summed E-state index contributed by atoms with van der Waals surface area (Å²) in [6.07, 6.45) is -4.66. The van der Waals surface area contributed by atoms with E-state index in [1.54, 1.807) is 19.9 Å². The number of aryl methyl sites for hydroxylation is 1. The molecule has 0 radical (unpaired) electrons. The summed E-state index contributed by atoms with van der Waals surface area (Å²) in [6.45, 7) is 3.81. The molecule has 0 fully saturated rings. The van der Waals surface area contributed by atoms with Crippen molar-refractivity contribution < 1.29 is 17.6 Å². The van der Waals surface area contributed by atoms with Gasteiger partial charge in [0.05, 0.1) is 5.69 Å². The smallest absolute Gasteiger partial charge is 0.370 e. The van der Waals surface area contributed by atoms with Gasteiger partial charge in [-0.2, -0.15) is 13.2 Å². The number of benzene rings is 1. The quantitative estimate of drug-likeness (QED) is 0.869. The van der Waals surface area contributed by atoms with Crippen molar-refractivity contribution in [3.05, 3.63) is 41.5 Å². The molecule has 1 N–H and O–H groups in total. The molecule has 0 aliphatic rings. The molecule has 0 atom stereocenters. The van der Waals surface area contributed by atoms with Crippen molar-refractivity contribution in [2.24, 2.45) is 0 Å². The van der Waals surface area contributed by atoms with Crippen LogP contribution in [0.2, 0.25) is 0 Å². The summed E-state index contributed by atoms with van der Waals surface area (Å²) in [5, 5.41) is 2.71. The monoisotopic (exact) mass is 299 g/mol. The summed E-state index contributed by atoms with van der Waals surface area (Å²) in [7, 11) is 0. The molecule has 0 bridgehead atoms. The normalized spacial score (nSPS) is 11.5. The lowest BCUT2D eigenvalue weighted by Crippen LogP contribution is -2.13. The zero-order valence-corrected chi connectivity index (χ0v) is 11.4. The van der Waals surface area contributed by atoms with Crippen molar-refractivity contribution >= 4 is 5.82 Å². The molecular weight excluding hydrogens is 286 g/mol. The van der Waals surface area contributed by atoms with E-state index in [4.69, 9.17) is 0 Å². The van der Waals surface area contributed by atoms with E-state index in [0.29, 0.717) is 12.1 Å². The van der Waals surface area contributed by atoms with Gasteiger partial charge >= 0.3 is 6.18 Å². The van der Waals surface area contributed by atoms with Crippen LogP contribution in [0.25, 0.3) is 11.3 Å². The highest BCUT2D eigenvalue weighted by atomic mass is 19.4. The minimum atomic E-state index is -4.66. The Balaban J connectivity index is 2.59. The number of rotatable bonds is 3. The molecule has 112 valence electrons. The molecule has 0 aliphatic heterocycles. The first-order valence-corrected chi connectivity index (χ1v) is 6.27. The maximum absolute atomic E-state index is 13.4. The third kappa shape index (κ3) is 3.68. The van der Waals surface area contributed by atoms with Crippen LogP contribution in [0.5, 0.6) is 0 Å². The Morgan fingerprint density at radius 3 is 2.38 bits per heavy atom. The average molecular weight is 299 g/mol. The van der Waals surface area contributed by atoms with Crippen LogP contribution in [0, 0.1) is 12.7 Å². The Hall–Kier alpha value is -2.18. The predicted octanol–water partition coefficient (Wildman–Crippen LogP) is 4.04. The summed E-state index contributed by atoms with van der Waals surface area (Å²) in [5.41, 5.74) is 0.901. The van der Waals surface area contributed by atoms with Crippen LogP contribution in [0.4, 0.5) is 23.4 Å². The topological polar surface area (TPSA) is 37.8 Å². The summed E-state index contributed by atoms with van der Waals surface area (Å²) in [5.74, 6) is -1.73. The standard InChI is InChI=1S/C14H13F4N3/c1-3-19-12-7-11(20-13(21-12)14(16,17)18)9-4-8(2)5-10(15)6-9/h4-7H,3H2,1-2H3,(H,19,20,21). The molecule has 0 aliphatic carbocycles. The first-order chi connectivity index (χ1) is 9.79. The maximum atomic E-state index is 13.4. The van der Waals surface area contributed by atoms with E-state index in [-0.39, 0.29) is 17.1 Å². The number of alkyl halides is 3. The molecule has 2 aromatic rings. The van der Waals surface area contributed by atoms with Crippen LogP contribution in [0.1, 0.15) is 18.3 Å². The van der Waals surface area contributed by atoms with Gasteiger partial charge < -0.3 is 5.32 Å². The number of halogens is 4. The molecule has 7 heteroatoms. The SMILES string of the molecule is CCNc1cc(-c2cc(C)cc(F)c2)nc(C(F)(F)F)n1. The summed E-state index contributed by atoms with van der Waals surface area (Å²) in [4.78, 5) is 6.92. The molecule has 1 aromatic carbocycles. The summed E-state index contributed by atoms with van der Waals surface area (Å²) in [6, 6.07) is 5.38. The molecule has 2 rings (SSSR count). The van der Waals surface area contributed by atoms with Gasteiger partial charge in [-0.25, -0.2) is 14.4 Å². The zero-order valence-electron chi connectivity index (χ0n) is 11.4. The van der Waals surface area contributed by atoms with E-state index in [0.717, 1.165) is 6.07 Å². The van der Waals surface area contributed by atoms with Crippen molar-refractivity contribution in [1.29, 1.82) is 0 Å². The van der Waals surface area contributed by atoms with E-state index >= 15 is 0 Å². The Bertz CT molecular complexity index is 633. The minimum Gasteiger partial charge on any atom is -0.370 e. The van der Waals surface area contributed by atoms with Gasteiger partial charge in [-0.1, -0.05) is 0 Å². The van der Waals surface area contributed by atoms with Crippen LogP contribution in [0.3, 0.4) is 0 Å². The molecule has 1 heterocycles. The molecule has 21 heavy (non-hydrogen) atoms. The van der Waals surface area contributed by atoms with Crippen LogP contribution in [0.15, 0.2) is 24.3 Å². The van der Waals surface area contributed by atoms with Gasteiger partial charge in [-0.3, -0.25) is 0 Å². The third-order valence-electron chi connectivity index (χ3n) is 2.68. The lowest BCUT2D eigenvalue weighted by atomic mass is 10.1. The number of aromatic nitrogens is 2. The van der Waals surface area contributed by atoms with Crippen LogP contribution in [-0.4, -0.2) is 16.5 Å². The number of hydrogen-bond donors (Lipinski definition) is 1. The highest BCUT2D eigenvalue weighted by molar-refractivity contribution is 5.63. The number of nitrogens with one attached hydrogen (secondary N) is 1. The van der Waals surface area contributed by atoms with Crippen molar-refractivity contribution in [3.8, 4) is 11.3 Å². The lowest BCUT2D eigenvalue weighted by molar-refractivity contribution is -0.144. The molecule has 0 saturated heterocycles. The summed E-state index contributed by atoms with van der Waals surface area (Å²) >= 11 is 0. The number of hydrogen-bond acceptors (Lipinski definition) is 3. The van der Waals surface area contributed by atoms with Gasteiger partial charge in [0.1, 0.15) is 11.6 Å². The molecule has 1 aromatic heterocycles. The molecule has 0 amide bonds. The van der Waals surface area contributed by atoms with Gasteiger partial charge in [-0.15, -0.1) is 0 Å². The first-order valence-electron chi connectivity index (χ1n) is 6.27. The fourth-order valence-electron chi connectivity index (χ4n) is 1.88. The van der Waals surface area contributed by atoms with Crippen molar-refractivity contribution in [2.45, 2.75) is 20.0 Å². The molecular formula is C14H13F4N3. The summed E-state index contributed by atoms with van der Waals surface area (Å²) < 4.78 is 51.9. The fourth-order valence-corrected chi connectivity index (χ4v) is 1.88. The van der Waals surface area contributed by atoms with Gasteiger partial charge in [0.15, 0.2) is 0 Å². The highest BCUT2D eigenvalue weighted by Crippen LogP contribution is 2.30. The van der Waals surface area contributed by atoms with Crippen LogP contribution < -0.4 is 5.32 Å². The van der Waals surface area contributed by atoms with E-state index in [2.05, 4.69) is 15.3 Å². The Labute approximate surface area is 119 Å². The highest BCUT2D eigenvalue weighted by Gasteiger charge is 2.35. The van der Waals surface area contributed by atoms with Gasteiger partial charge in [0, 0.05) is 18.2 Å².